The molecule has 1 atom stereocenters. The van der Waals surface area contributed by atoms with Crippen LogP contribution in [0.5, 0.6) is 5.75 Å². The molecule has 4 nitrogen and oxygen atoms in total. The van der Waals surface area contributed by atoms with Crippen LogP contribution < -0.4 is 4.74 Å². The molecule has 1 aromatic rings. The number of likely N-dealkylation sites (tertiary alicyclic amines) is 1. The molecule has 0 radical (unpaired) electrons. The maximum absolute atomic E-state index is 12.6. The van der Waals surface area contributed by atoms with Crippen molar-refractivity contribution in [2.24, 2.45) is 0 Å². The number of hydrogen-bond donors (Lipinski definition) is 0. The summed E-state index contributed by atoms with van der Waals surface area (Å²) in [5.41, 5.74) is 0.996. The third-order valence-corrected chi connectivity index (χ3v) is 4.58. The van der Waals surface area contributed by atoms with Crippen LogP contribution in [0.15, 0.2) is 18.2 Å². The van der Waals surface area contributed by atoms with Gasteiger partial charge in [0.2, 0.25) is 5.91 Å². The van der Waals surface area contributed by atoms with Gasteiger partial charge >= 0.3 is 0 Å². The van der Waals surface area contributed by atoms with E-state index >= 15 is 0 Å². The number of likely N-dealkylation sites (N-methyl/N-ethyl adjacent to an activating group) is 1. The largest absolute Gasteiger partial charge is 0.496 e. The van der Waals surface area contributed by atoms with E-state index in [0.29, 0.717) is 11.6 Å². The minimum atomic E-state index is -0.151. The molecule has 22 heavy (non-hydrogen) atoms. The van der Waals surface area contributed by atoms with Crippen LogP contribution in [0, 0.1) is 0 Å². The Kier molecular flexibility index (Phi) is 6.09. The predicted octanol–water partition coefficient (Wildman–Crippen LogP) is 3.18. The minimum absolute atomic E-state index is 0.151. The fourth-order valence-corrected chi connectivity index (χ4v) is 3.04. The number of nitrogens with zero attached hydrogens (tertiary/aromatic N) is 2. The molecule has 1 aliphatic rings. The van der Waals surface area contributed by atoms with E-state index < -0.39 is 0 Å². The second-order valence-corrected chi connectivity index (χ2v) is 6.37. The van der Waals surface area contributed by atoms with Crippen molar-refractivity contribution < 1.29 is 9.53 Å². The van der Waals surface area contributed by atoms with Gasteiger partial charge in [0.05, 0.1) is 13.2 Å². The third kappa shape index (κ3) is 4.14. The minimum Gasteiger partial charge on any atom is -0.496 e. The monoisotopic (exact) mass is 324 g/mol. The van der Waals surface area contributed by atoms with Crippen molar-refractivity contribution in [1.29, 1.82) is 0 Å². The number of carbonyl (C=O) groups is 1. The molecule has 0 saturated carbocycles. The highest BCUT2D eigenvalue weighted by Gasteiger charge is 2.25. The van der Waals surface area contributed by atoms with Gasteiger partial charge in [-0.05, 0) is 51.4 Å². The molecule has 122 valence electrons. The first-order valence-electron chi connectivity index (χ1n) is 7.84. The number of halogens is 1. The summed E-state index contributed by atoms with van der Waals surface area (Å²) in [6.45, 7) is 4.37. The standard InChI is InChI=1S/C17H25ClN2O2/c1-13(17(21)20-9-5-4-6-10-20)19(2)12-14-11-15(18)7-8-16(14)22-3/h7-8,11,13H,4-6,9-10,12H2,1-3H3. The molecule has 0 aromatic heterocycles. The van der Waals surface area contributed by atoms with E-state index in [2.05, 4.69) is 0 Å². The van der Waals surface area contributed by atoms with E-state index in [1.165, 1.54) is 6.42 Å². The highest BCUT2D eigenvalue weighted by Crippen LogP contribution is 2.24. The van der Waals surface area contributed by atoms with Crippen molar-refractivity contribution in [2.45, 2.75) is 38.8 Å². The van der Waals surface area contributed by atoms with E-state index in [4.69, 9.17) is 16.3 Å². The lowest BCUT2D eigenvalue weighted by Gasteiger charge is -2.33. The van der Waals surface area contributed by atoms with Gasteiger partial charge in [-0.1, -0.05) is 11.6 Å². The van der Waals surface area contributed by atoms with Gasteiger partial charge in [0.1, 0.15) is 5.75 Å². The second-order valence-electron chi connectivity index (χ2n) is 5.93. The van der Waals surface area contributed by atoms with Crippen LogP contribution in [-0.2, 0) is 11.3 Å². The van der Waals surface area contributed by atoms with Crippen LogP contribution in [0.25, 0.3) is 0 Å². The Hall–Kier alpha value is -1.26. The lowest BCUT2D eigenvalue weighted by Crippen LogP contribution is -2.47. The topological polar surface area (TPSA) is 32.8 Å². The van der Waals surface area contributed by atoms with Crippen LogP contribution >= 0.6 is 11.6 Å². The average Bonchev–Trinajstić information content (AvgIpc) is 2.54. The van der Waals surface area contributed by atoms with E-state index in [1.54, 1.807) is 7.11 Å². The van der Waals surface area contributed by atoms with Gasteiger partial charge in [-0.2, -0.15) is 0 Å². The molecule has 5 heteroatoms. The summed E-state index contributed by atoms with van der Waals surface area (Å²) >= 11 is 6.07. The molecular weight excluding hydrogens is 300 g/mol. The summed E-state index contributed by atoms with van der Waals surface area (Å²) in [6.07, 6.45) is 3.46. The van der Waals surface area contributed by atoms with Gasteiger partial charge in [-0.3, -0.25) is 9.69 Å². The van der Waals surface area contributed by atoms with Gasteiger partial charge in [0.25, 0.3) is 0 Å². The van der Waals surface area contributed by atoms with Crippen molar-refractivity contribution in [2.75, 3.05) is 27.2 Å². The zero-order chi connectivity index (χ0) is 16.1. The summed E-state index contributed by atoms with van der Waals surface area (Å²) in [5.74, 6) is 1.01. The van der Waals surface area contributed by atoms with Crippen LogP contribution in [0.3, 0.4) is 0 Å². The summed E-state index contributed by atoms with van der Waals surface area (Å²) in [6, 6.07) is 5.42. The Bertz CT molecular complexity index is 515. The number of methoxy groups -OCH3 is 1. The van der Waals surface area contributed by atoms with Gasteiger partial charge in [-0.15, -0.1) is 0 Å². The number of amides is 1. The highest BCUT2D eigenvalue weighted by atomic mass is 35.5. The molecule has 0 N–H and O–H groups in total. The van der Waals surface area contributed by atoms with Gasteiger partial charge in [0.15, 0.2) is 0 Å². The normalized spacial score (nSPS) is 16.7. The van der Waals surface area contributed by atoms with Crippen molar-refractivity contribution >= 4 is 17.5 Å². The van der Waals surface area contributed by atoms with Crippen molar-refractivity contribution in [3.63, 3.8) is 0 Å². The highest BCUT2D eigenvalue weighted by molar-refractivity contribution is 6.30. The summed E-state index contributed by atoms with van der Waals surface area (Å²) in [7, 11) is 3.61. The fraction of sp³-hybridized carbons (Fsp3) is 0.588. The smallest absolute Gasteiger partial charge is 0.239 e. The molecule has 0 aliphatic carbocycles. The summed E-state index contributed by atoms with van der Waals surface area (Å²) in [4.78, 5) is 16.6. The Labute approximate surface area is 138 Å². The van der Waals surface area contributed by atoms with Gasteiger partial charge in [0, 0.05) is 30.2 Å². The second kappa shape index (κ2) is 7.84. The number of benzene rings is 1. The maximum Gasteiger partial charge on any atom is 0.239 e. The van der Waals surface area contributed by atoms with Gasteiger partial charge in [-0.25, -0.2) is 0 Å². The first-order valence-corrected chi connectivity index (χ1v) is 8.22. The van der Waals surface area contributed by atoms with Crippen molar-refractivity contribution in [3.05, 3.63) is 28.8 Å². The van der Waals surface area contributed by atoms with Crippen LogP contribution in [0.1, 0.15) is 31.7 Å². The molecule has 1 aliphatic heterocycles. The third-order valence-electron chi connectivity index (χ3n) is 4.35. The van der Waals surface area contributed by atoms with E-state index in [0.717, 1.165) is 37.2 Å². The van der Waals surface area contributed by atoms with Crippen LogP contribution in [-0.4, -0.2) is 49.0 Å². The quantitative estimate of drug-likeness (QED) is 0.834. The SMILES string of the molecule is COc1ccc(Cl)cc1CN(C)C(C)C(=O)N1CCCCC1. The maximum atomic E-state index is 12.6. The number of piperidine rings is 1. The Balaban J connectivity index is 2.03. The molecule has 1 aromatic carbocycles. The van der Waals surface area contributed by atoms with E-state index in [-0.39, 0.29) is 11.9 Å². The molecule has 0 bridgehead atoms. The zero-order valence-corrected chi connectivity index (χ0v) is 14.4. The lowest BCUT2D eigenvalue weighted by molar-refractivity contribution is -0.137. The molecule has 2 rings (SSSR count). The lowest BCUT2D eigenvalue weighted by atomic mass is 10.1. The molecule has 1 fully saturated rings. The Morgan fingerprint density at radius 2 is 2.05 bits per heavy atom. The van der Waals surface area contributed by atoms with Crippen LogP contribution in [0.2, 0.25) is 5.02 Å². The molecule has 1 unspecified atom stereocenters. The molecular formula is C17H25ClN2O2. The molecule has 1 heterocycles. The summed E-state index contributed by atoms with van der Waals surface area (Å²) < 4.78 is 5.38. The Morgan fingerprint density at radius 3 is 2.68 bits per heavy atom. The average molecular weight is 325 g/mol. The van der Waals surface area contributed by atoms with Crippen molar-refractivity contribution in [3.8, 4) is 5.75 Å². The number of carbonyl (C=O) groups excluding carboxylic acids is 1. The summed E-state index contributed by atoms with van der Waals surface area (Å²) in [5, 5.41) is 0.680. The number of rotatable bonds is 5. The van der Waals surface area contributed by atoms with Crippen LogP contribution in [0.4, 0.5) is 0 Å². The first-order chi connectivity index (χ1) is 10.5. The zero-order valence-electron chi connectivity index (χ0n) is 13.6. The predicted molar refractivity (Wildman–Crippen MR) is 89.4 cm³/mol. The Morgan fingerprint density at radius 1 is 1.36 bits per heavy atom. The first kappa shape index (κ1) is 17.1. The number of ether oxygens (including phenoxy) is 1. The van der Waals surface area contributed by atoms with E-state index in [1.807, 2.05) is 42.0 Å². The fourth-order valence-electron chi connectivity index (χ4n) is 2.84. The van der Waals surface area contributed by atoms with Gasteiger partial charge < -0.3 is 9.64 Å². The number of hydrogen-bond acceptors (Lipinski definition) is 3. The molecule has 1 amide bonds. The molecule has 1 saturated heterocycles. The molecule has 0 spiro atoms. The van der Waals surface area contributed by atoms with E-state index in [9.17, 15) is 4.79 Å². The van der Waals surface area contributed by atoms with Crippen molar-refractivity contribution in [1.82, 2.24) is 9.80 Å².